The van der Waals surface area contributed by atoms with Crippen LogP contribution in [0.5, 0.6) is 0 Å². The van der Waals surface area contributed by atoms with Gasteiger partial charge in [-0.25, -0.2) is 4.79 Å². The summed E-state index contributed by atoms with van der Waals surface area (Å²) < 4.78 is 0. The topological polar surface area (TPSA) is 96.6 Å². The summed E-state index contributed by atoms with van der Waals surface area (Å²) in [4.78, 5) is 26.5. The Hall–Kier alpha value is -2.44. The normalized spacial score (nSPS) is 14.6. The zero-order valence-electron chi connectivity index (χ0n) is 9.44. The highest BCUT2D eigenvalue weighted by Crippen LogP contribution is 2.24. The Kier molecular flexibility index (Phi) is 3.22. The van der Waals surface area contributed by atoms with E-state index >= 15 is 0 Å². The van der Waals surface area contributed by atoms with Crippen LogP contribution in [0.4, 0.5) is 11.5 Å². The molecule has 7 nitrogen and oxygen atoms in total. The maximum absolute atomic E-state index is 11.1. The van der Waals surface area contributed by atoms with Crippen LogP contribution in [-0.4, -0.2) is 34.1 Å². The van der Waals surface area contributed by atoms with Crippen molar-refractivity contribution in [3.05, 3.63) is 40.1 Å². The van der Waals surface area contributed by atoms with Gasteiger partial charge in [0.05, 0.1) is 17.3 Å². The minimum absolute atomic E-state index is 0.0907. The summed E-state index contributed by atoms with van der Waals surface area (Å²) in [7, 11) is 0. The first kappa shape index (κ1) is 12.0. The molecule has 1 aliphatic heterocycles. The van der Waals surface area contributed by atoms with E-state index in [1.807, 2.05) is 17.1 Å². The van der Waals surface area contributed by atoms with E-state index < -0.39 is 16.7 Å². The molecule has 1 N–H and O–H groups in total. The van der Waals surface area contributed by atoms with Gasteiger partial charge in [0, 0.05) is 13.1 Å². The molecule has 94 valence electrons. The lowest BCUT2D eigenvalue weighted by Crippen LogP contribution is -2.28. The first-order valence-electron chi connectivity index (χ1n) is 5.37. The van der Waals surface area contributed by atoms with E-state index in [-0.39, 0.29) is 5.56 Å². The lowest BCUT2D eigenvalue weighted by Gasteiger charge is -2.25. The highest BCUT2D eigenvalue weighted by Gasteiger charge is 2.22. The Morgan fingerprint density at radius 1 is 1.50 bits per heavy atom. The number of carboxylic acids is 1. The number of aromatic nitrogens is 1. The second kappa shape index (κ2) is 4.82. The van der Waals surface area contributed by atoms with E-state index in [1.165, 1.54) is 6.20 Å². The van der Waals surface area contributed by atoms with Crippen molar-refractivity contribution >= 4 is 17.5 Å². The van der Waals surface area contributed by atoms with Gasteiger partial charge in [-0.3, -0.25) is 0 Å². The molecule has 0 unspecified atom stereocenters. The van der Waals surface area contributed by atoms with Crippen LogP contribution in [0.25, 0.3) is 0 Å². The molecule has 0 radical (unpaired) electrons. The van der Waals surface area contributed by atoms with Crippen molar-refractivity contribution in [2.75, 3.05) is 18.0 Å². The van der Waals surface area contributed by atoms with Gasteiger partial charge in [-0.2, -0.15) is 0 Å². The molecule has 1 aromatic heterocycles. The minimum Gasteiger partial charge on any atom is -0.478 e. The molecule has 1 aliphatic rings. The summed E-state index contributed by atoms with van der Waals surface area (Å²) in [6.45, 7) is 1.26. The highest BCUT2D eigenvalue weighted by molar-refractivity contribution is 5.94. The number of carboxylic acid groups (broad SMARTS) is 1. The number of rotatable bonds is 3. The van der Waals surface area contributed by atoms with Crippen LogP contribution in [0.15, 0.2) is 24.4 Å². The average Bonchev–Trinajstić information content (AvgIpc) is 2.39. The van der Waals surface area contributed by atoms with Gasteiger partial charge in [0.15, 0.2) is 6.20 Å². The van der Waals surface area contributed by atoms with E-state index in [0.717, 1.165) is 12.5 Å². The number of carbonyl (C=O) groups is 1. The smallest absolute Gasteiger partial charge is 0.364 e. The third-order valence-corrected chi connectivity index (χ3v) is 2.68. The summed E-state index contributed by atoms with van der Waals surface area (Å²) in [5, 5.41) is 19.7. The molecule has 2 heterocycles. The lowest BCUT2D eigenvalue weighted by molar-refractivity contribution is -0.389. The Bertz CT molecular complexity index is 527. The fourth-order valence-electron chi connectivity index (χ4n) is 1.82. The van der Waals surface area contributed by atoms with E-state index in [0.29, 0.717) is 18.8 Å². The van der Waals surface area contributed by atoms with Crippen molar-refractivity contribution in [2.24, 2.45) is 0 Å². The predicted molar refractivity (Wildman–Crippen MR) is 63.8 cm³/mol. The first-order chi connectivity index (χ1) is 8.59. The number of aromatic carboxylic acids is 1. The Morgan fingerprint density at radius 3 is 2.83 bits per heavy atom. The number of nitro groups is 1. The molecule has 0 aromatic carbocycles. The molecule has 18 heavy (non-hydrogen) atoms. The maximum Gasteiger partial charge on any atom is 0.364 e. The van der Waals surface area contributed by atoms with E-state index in [4.69, 9.17) is 5.11 Å². The molecular weight excluding hydrogens is 238 g/mol. The van der Waals surface area contributed by atoms with Crippen molar-refractivity contribution in [2.45, 2.75) is 6.42 Å². The van der Waals surface area contributed by atoms with Crippen LogP contribution in [-0.2, 0) is 0 Å². The fourth-order valence-corrected chi connectivity index (χ4v) is 1.82. The van der Waals surface area contributed by atoms with Crippen molar-refractivity contribution in [3.63, 3.8) is 0 Å². The summed E-state index contributed by atoms with van der Waals surface area (Å²) >= 11 is 0. The molecular formula is C11H11N3O4. The molecule has 0 fully saturated rings. The quantitative estimate of drug-likeness (QED) is 0.494. The number of anilines is 1. The van der Waals surface area contributed by atoms with Gasteiger partial charge < -0.3 is 20.1 Å². The number of hydrogen-bond donors (Lipinski definition) is 1. The molecule has 0 spiro atoms. The summed E-state index contributed by atoms with van der Waals surface area (Å²) in [5.74, 6) is -1.64. The van der Waals surface area contributed by atoms with Crippen LogP contribution < -0.4 is 4.90 Å². The Balaban J connectivity index is 2.43. The molecule has 7 heteroatoms. The Labute approximate surface area is 103 Å². The van der Waals surface area contributed by atoms with Crippen LogP contribution >= 0.6 is 0 Å². The van der Waals surface area contributed by atoms with Gasteiger partial charge >= 0.3 is 11.8 Å². The highest BCUT2D eigenvalue weighted by atomic mass is 16.6. The summed E-state index contributed by atoms with van der Waals surface area (Å²) in [6.07, 6.45) is 6.00. The molecule has 0 bridgehead atoms. The maximum atomic E-state index is 11.1. The second-order valence-corrected chi connectivity index (χ2v) is 3.83. The first-order valence-corrected chi connectivity index (χ1v) is 5.37. The average molecular weight is 249 g/mol. The molecule has 0 saturated heterocycles. The second-order valence-electron chi connectivity index (χ2n) is 3.83. The molecule has 0 aliphatic carbocycles. The van der Waals surface area contributed by atoms with E-state index in [1.54, 1.807) is 0 Å². The van der Waals surface area contributed by atoms with E-state index in [2.05, 4.69) is 4.98 Å². The van der Waals surface area contributed by atoms with Crippen molar-refractivity contribution < 1.29 is 14.8 Å². The largest absolute Gasteiger partial charge is 0.478 e. The van der Waals surface area contributed by atoms with Crippen LogP contribution in [0.2, 0.25) is 0 Å². The van der Waals surface area contributed by atoms with Crippen LogP contribution in [0, 0.1) is 10.1 Å². The minimum atomic E-state index is -1.19. The fraction of sp³-hybridized carbons (Fsp3) is 0.273. The zero-order chi connectivity index (χ0) is 13.1. The monoisotopic (exact) mass is 249 g/mol. The predicted octanol–water partition coefficient (Wildman–Crippen LogP) is 1.45. The molecule has 2 rings (SSSR count). The lowest BCUT2D eigenvalue weighted by atomic mass is 10.1. The molecule has 0 saturated carbocycles. The molecule has 0 atom stereocenters. The van der Waals surface area contributed by atoms with Gasteiger partial charge in [0.1, 0.15) is 0 Å². The van der Waals surface area contributed by atoms with E-state index in [9.17, 15) is 14.9 Å². The van der Waals surface area contributed by atoms with Gasteiger partial charge in [-0.15, -0.1) is 0 Å². The molecule has 0 amide bonds. The van der Waals surface area contributed by atoms with Crippen molar-refractivity contribution in [3.8, 4) is 0 Å². The number of nitrogens with zero attached hydrogens (tertiary/aromatic N) is 3. The number of hydrogen-bond acceptors (Lipinski definition) is 5. The summed E-state index contributed by atoms with van der Waals surface area (Å²) in [5.41, 5.74) is 0.324. The SMILES string of the molecule is O=C(O)c1cc([N+](=O)[O-])ncc1N1CC=CCC1. The Morgan fingerprint density at radius 2 is 2.28 bits per heavy atom. The summed E-state index contributed by atoms with van der Waals surface area (Å²) in [6, 6.07) is 0.996. The van der Waals surface area contributed by atoms with Gasteiger partial charge in [-0.05, 0) is 16.3 Å². The third kappa shape index (κ3) is 2.29. The molecule has 1 aromatic rings. The number of pyridine rings is 1. The standard InChI is InChI=1S/C11H11N3O4/c15-11(16)8-6-10(14(17)18)12-7-9(8)13-4-2-1-3-5-13/h1-2,6-7H,3-5H2,(H,15,16). The van der Waals surface area contributed by atoms with Gasteiger partial charge in [0.25, 0.3) is 0 Å². The van der Waals surface area contributed by atoms with Crippen LogP contribution in [0.3, 0.4) is 0 Å². The van der Waals surface area contributed by atoms with Crippen LogP contribution in [0.1, 0.15) is 16.8 Å². The third-order valence-electron chi connectivity index (χ3n) is 2.68. The van der Waals surface area contributed by atoms with Gasteiger partial charge in [-0.1, -0.05) is 12.2 Å². The van der Waals surface area contributed by atoms with Crippen molar-refractivity contribution in [1.29, 1.82) is 0 Å². The zero-order valence-corrected chi connectivity index (χ0v) is 9.44. The van der Waals surface area contributed by atoms with Crippen molar-refractivity contribution in [1.82, 2.24) is 4.98 Å². The van der Waals surface area contributed by atoms with Gasteiger partial charge in [0.2, 0.25) is 0 Å².